The summed E-state index contributed by atoms with van der Waals surface area (Å²) < 4.78 is 0. The molecule has 5 saturated carbocycles. The van der Waals surface area contributed by atoms with Gasteiger partial charge in [-0.15, -0.1) is 0 Å². The molecule has 0 N–H and O–H groups in total. The molecule has 0 saturated heterocycles. The van der Waals surface area contributed by atoms with Crippen molar-refractivity contribution in [2.45, 2.75) is 26.2 Å². The summed E-state index contributed by atoms with van der Waals surface area (Å²) in [6.07, 6.45) is 4.83. The zero-order valence-corrected chi connectivity index (χ0v) is 8.32. The fraction of sp³-hybridized carbons (Fsp3) is 1.00. The quantitative estimate of drug-likeness (QED) is 0.495. The Morgan fingerprint density at radius 1 is 0.692 bits per heavy atom. The molecule has 0 aromatic rings. The molecule has 9 atom stereocenters. The minimum Gasteiger partial charge on any atom is -0.0622 e. The predicted octanol–water partition coefficient (Wildman–Crippen LogP) is 2.79. The molecule has 0 heterocycles. The summed E-state index contributed by atoms with van der Waals surface area (Å²) in [6, 6.07) is 0. The van der Waals surface area contributed by atoms with Crippen LogP contribution in [-0.2, 0) is 0 Å². The molecular weight excluding hydrogens is 156 g/mol. The van der Waals surface area contributed by atoms with Gasteiger partial charge in [0.25, 0.3) is 0 Å². The largest absolute Gasteiger partial charge is 0.0622 e. The van der Waals surface area contributed by atoms with Gasteiger partial charge in [-0.1, -0.05) is 6.92 Å². The van der Waals surface area contributed by atoms with Gasteiger partial charge in [0.05, 0.1) is 0 Å². The van der Waals surface area contributed by atoms with Crippen LogP contribution in [0.5, 0.6) is 0 Å². The highest BCUT2D eigenvalue weighted by atomic mass is 14.8. The van der Waals surface area contributed by atoms with Crippen molar-refractivity contribution in [2.24, 2.45) is 53.3 Å². The van der Waals surface area contributed by atoms with E-state index in [4.69, 9.17) is 0 Å². The lowest BCUT2D eigenvalue weighted by atomic mass is 9.20. The van der Waals surface area contributed by atoms with Gasteiger partial charge in [-0.2, -0.15) is 0 Å². The van der Waals surface area contributed by atoms with Gasteiger partial charge < -0.3 is 0 Å². The van der Waals surface area contributed by atoms with Crippen LogP contribution < -0.4 is 0 Å². The smallest absolute Gasteiger partial charge is 0.0312 e. The van der Waals surface area contributed by atoms with E-state index in [-0.39, 0.29) is 0 Å². The zero-order valence-electron chi connectivity index (χ0n) is 8.32. The van der Waals surface area contributed by atoms with Gasteiger partial charge in [-0.05, 0) is 72.5 Å². The van der Waals surface area contributed by atoms with Crippen LogP contribution >= 0.6 is 0 Å². The summed E-state index contributed by atoms with van der Waals surface area (Å²) in [5.74, 6) is 11.2. The molecule has 5 fully saturated rings. The Kier molecular flexibility index (Phi) is 0.804. The van der Waals surface area contributed by atoms with Crippen LogP contribution in [0, 0.1) is 53.3 Å². The van der Waals surface area contributed by atoms with Crippen LogP contribution in [0.15, 0.2) is 0 Å². The molecule has 0 aromatic carbocycles. The fourth-order valence-corrected chi connectivity index (χ4v) is 6.37. The van der Waals surface area contributed by atoms with Gasteiger partial charge in [0.1, 0.15) is 0 Å². The Bertz CT molecular complexity index is 288. The summed E-state index contributed by atoms with van der Waals surface area (Å²) in [5.41, 5.74) is 0. The second kappa shape index (κ2) is 1.61. The maximum atomic E-state index is 2.50. The molecule has 0 radical (unpaired) electrons. The van der Waals surface area contributed by atoms with E-state index < -0.39 is 0 Å². The lowest BCUT2D eigenvalue weighted by Gasteiger charge is -2.85. The van der Waals surface area contributed by atoms with E-state index in [1.807, 2.05) is 0 Å². The third-order valence-electron chi connectivity index (χ3n) is 6.88. The van der Waals surface area contributed by atoms with Gasteiger partial charge in [-0.3, -0.25) is 0 Å². The Labute approximate surface area is 80.1 Å². The molecule has 0 aliphatic heterocycles. The van der Waals surface area contributed by atoms with E-state index in [1.165, 1.54) is 47.3 Å². The Morgan fingerprint density at radius 2 is 1.31 bits per heavy atom. The molecular formula is C13H18. The number of hydrogen-bond donors (Lipinski definition) is 0. The normalized spacial score (nSPS) is 80.5. The van der Waals surface area contributed by atoms with E-state index in [0.717, 1.165) is 5.92 Å². The summed E-state index contributed by atoms with van der Waals surface area (Å²) in [4.78, 5) is 0. The lowest BCUT2D eigenvalue weighted by Crippen LogP contribution is -2.80. The fourth-order valence-electron chi connectivity index (χ4n) is 6.37. The van der Waals surface area contributed by atoms with Crippen molar-refractivity contribution in [3.63, 3.8) is 0 Å². The molecule has 0 aromatic heterocycles. The number of hydrogen-bond acceptors (Lipinski definition) is 0. The third-order valence-corrected chi connectivity index (χ3v) is 6.88. The molecule has 5 rings (SSSR count). The molecule has 0 nitrogen and oxygen atoms in total. The van der Waals surface area contributed by atoms with Crippen LogP contribution in [0.1, 0.15) is 26.2 Å². The molecule has 5 aliphatic carbocycles. The molecule has 5 aliphatic rings. The van der Waals surface area contributed by atoms with Crippen LogP contribution in [0.3, 0.4) is 0 Å². The first-order valence-corrected chi connectivity index (χ1v) is 6.38. The molecule has 70 valence electrons. The van der Waals surface area contributed by atoms with E-state index in [0.29, 0.717) is 0 Å². The number of rotatable bonds is 0. The first-order valence-electron chi connectivity index (χ1n) is 6.38. The van der Waals surface area contributed by atoms with E-state index in [2.05, 4.69) is 6.92 Å². The number of fused-ring (bicyclic) bond motifs is 10. The third kappa shape index (κ3) is 0.427. The first kappa shape index (κ1) is 6.48. The molecule has 0 amide bonds. The standard InChI is InChI=1S/C13H18/c1-5-4-8-9(5)13-11-7-3-2-6(7)10(11)12(8)13/h5-13H,2-4H2,1H3/t5-,6-,7?,8?,9?,10-,11?,12?,13?/m0/s1. The second-order valence-corrected chi connectivity index (χ2v) is 6.67. The minimum absolute atomic E-state index is 1.12. The van der Waals surface area contributed by atoms with Gasteiger partial charge in [0.2, 0.25) is 0 Å². The molecule has 6 unspecified atom stereocenters. The van der Waals surface area contributed by atoms with Crippen LogP contribution in [0.4, 0.5) is 0 Å². The van der Waals surface area contributed by atoms with E-state index in [1.54, 1.807) is 19.3 Å². The van der Waals surface area contributed by atoms with Crippen LogP contribution in [0.2, 0.25) is 0 Å². The highest BCUT2D eigenvalue weighted by Gasteiger charge is 2.79. The maximum Gasteiger partial charge on any atom is -0.0312 e. The molecule has 0 bridgehead atoms. The van der Waals surface area contributed by atoms with Gasteiger partial charge in [0.15, 0.2) is 0 Å². The van der Waals surface area contributed by atoms with Crippen molar-refractivity contribution in [1.29, 1.82) is 0 Å². The van der Waals surface area contributed by atoms with Gasteiger partial charge in [-0.25, -0.2) is 0 Å². The summed E-state index contributed by atoms with van der Waals surface area (Å²) >= 11 is 0. The molecule has 0 heteroatoms. The van der Waals surface area contributed by atoms with Crippen molar-refractivity contribution >= 4 is 0 Å². The van der Waals surface area contributed by atoms with Gasteiger partial charge >= 0.3 is 0 Å². The lowest BCUT2D eigenvalue weighted by molar-refractivity contribution is -0.373. The topological polar surface area (TPSA) is 0 Å². The van der Waals surface area contributed by atoms with Crippen LogP contribution in [0.25, 0.3) is 0 Å². The monoisotopic (exact) mass is 174 g/mol. The van der Waals surface area contributed by atoms with Crippen molar-refractivity contribution < 1.29 is 0 Å². The Morgan fingerprint density at radius 3 is 1.92 bits per heavy atom. The van der Waals surface area contributed by atoms with Crippen LogP contribution in [-0.4, -0.2) is 0 Å². The van der Waals surface area contributed by atoms with Crippen molar-refractivity contribution in [3.05, 3.63) is 0 Å². The summed E-state index contributed by atoms with van der Waals surface area (Å²) in [7, 11) is 0. The van der Waals surface area contributed by atoms with E-state index in [9.17, 15) is 0 Å². The SMILES string of the molecule is C[C@H]1CC2C3C(C4C5CC[C@@H]5[C@H]34)C21. The van der Waals surface area contributed by atoms with Crippen molar-refractivity contribution in [3.8, 4) is 0 Å². The highest BCUT2D eigenvalue weighted by Crippen LogP contribution is 2.83. The molecule has 0 spiro atoms. The predicted molar refractivity (Wildman–Crippen MR) is 50.9 cm³/mol. The average Bonchev–Trinajstić information content (AvgIpc) is 2.05. The highest BCUT2D eigenvalue weighted by molar-refractivity contribution is 5.26. The minimum atomic E-state index is 1.12. The Hall–Kier alpha value is 0. The first-order chi connectivity index (χ1) is 6.38. The Balaban J connectivity index is 1.49. The van der Waals surface area contributed by atoms with Crippen molar-refractivity contribution in [2.75, 3.05) is 0 Å². The second-order valence-electron chi connectivity index (χ2n) is 6.67. The van der Waals surface area contributed by atoms with Gasteiger partial charge in [0, 0.05) is 0 Å². The average molecular weight is 174 g/mol. The zero-order chi connectivity index (χ0) is 8.32. The maximum absolute atomic E-state index is 2.50. The summed E-state index contributed by atoms with van der Waals surface area (Å²) in [6.45, 7) is 2.50. The molecule has 13 heavy (non-hydrogen) atoms. The summed E-state index contributed by atoms with van der Waals surface area (Å²) in [5, 5.41) is 0. The van der Waals surface area contributed by atoms with E-state index >= 15 is 0 Å². The van der Waals surface area contributed by atoms with Crippen molar-refractivity contribution in [1.82, 2.24) is 0 Å².